The molecule has 158 valence electrons. The van der Waals surface area contributed by atoms with Gasteiger partial charge in [0.25, 0.3) is 0 Å². The molecule has 1 saturated carbocycles. The van der Waals surface area contributed by atoms with Crippen LogP contribution in [0.15, 0.2) is 17.1 Å². The number of aliphatic imine (C=N–C) groups is 1. The molecule has 2 N–H and O–H groups in total. The van der Waals surface area contributed by atoms with Gasteiger partial charge in [0.15, 0.2) is 15.8 Å². The Kier molecular flexibility index (Phi) is 7.89. The lowest BCUT2D eigenvalue weighted by atomic mass is 9.85. The fraction of sp³-hybridized carbons (Fsp3) is 0.722. The number of nitrogens with zero attached hydrogens (tertiary/aromatic N) is 2. The number of carbonyl (C=O) groups is 2. The molecule has 28 heavy (non-hydrogen) atoms. The van der Waals surface area contributed by atoms with Crippen molar-refractivity contribution in [3.05, 3.63) is 12.2 Å². The van der Waals surface area contributed by atoms with E-state index < -0.39 is 9.84 Å². The number of hydrogen-bond donors (Lipinski definition) is 2. The number of fused-ring (bicyclic) bond motifs is 5. The van der Waals surface area contributed by atoms with Crippen LogP contribution in [0.4, 0.5) is 0 Å². The van der Waals surface area contributed by atoms with Crippen LogP contribution < -0.4 is 10.6 Å². The number of halogens is 1. The van der Waals surface area contributed by atoms with Crippen LogP contribution in [0.25, 0.3) is 0 Å². The van der Waals surface area contributed by atoms with Crippen LogP contribution in [-0.4, -0.2) is 68.8 Å². The highest BCUT2D eigenvalue weighted by molar-refractivity contribution is 14.0. The van der Waals surface area contributed by atoms with Gasteiger partial charge in [0.05, 0.1) is 24.1 Å². The van der Waals surface area contributed by atoms with Crippen molar-refractivity contribution in [2.24, 2.45) is 28.7 Å². The van der Waals surface area contributed by atoms with Gasteiger partial charge in [-0.1, -0.05) is 19.1 Å². The van der Waals surface area contributed by atoms with E-state index in [2.05, 4.69) is 27.8 Å². The molecule has 3 aliphatic rings. The first-order valence-electron chi connectivity index (χ1n) is 9.64. The van der Waals surface area contributed by atoms with Crippen LogP contribution in [0.3, 0.4) is 0 Å². The summed E-state index contributed by atoms with van der Waals surface area (Å²) >= 11 is 0. The Morgan fingerprint density at radius 1 is 1.14 bits per heavy atom. The molecule has 2 aliphatic carbocycles. The zero-order chi connectivity index (χ0) is 19.6. The molecule has 1 heterocycles. The standard InChI is InChI=1S/C18H28N4O4S.HI/c1-3-19-18(21-8-10-27(25,26)4-2)20-7-9-22-16(23)14-12-5-6-13(11-12)15(14)17(22)24;/h5-6,12-15H,3-4,7-11H2,1-2H3,(H2,19,20,21);1H. The van der Waals surface area contributed by atoms with Crippen LogP contribution in [0.2, 0.25) is 0 Å². The van der Waals surface area contributed by atoms with Crippen molar-refractivity contribution in [1.82, 2.24) is 15.5 Å². The van der Waals surface area contributed by atoms with Gasteiger partial charge in [-0.3, -0.25) is 19.5 Å². The van der Waals surface area contributed by atoms with Crippen molar-refractivity contribution in [3.8, 4) is 0 Å². The third kappa shape index (κ3) is 4.69. The molecule has 2 bridgehead atoms. The Labute approximate surface area is 183 Å². The first-order chi connectivity index (χ1) is 12.9. The van der Waals surface area contributed by atoms with Gasteiger partial charge in [0, 0.05) is 25.4 Å². The predicted octanol–water partition coefficient (Wildman–Crippen LogP) is 0.401. The summed E-state index contributed by atoms with van der Waals surface area (Å²) in [5.74, 6) is 0.571. The molecule has 1 saturated heterocycles. The molecule has 2 amide bonds. The lowest BCUT2D eigenvalue weighted by Crippen LogP contribution is -2.43. The third-order valence-corrected chi connectivity index (χ3v) is 7.33. The van der Waals surface area contributed by atoms with Crippen LogP contribution >= 0.6 is 24.0 Å². The van der Waals surface area contributed by atoms with Crippen molar-refractivity contribution >= 4 is 51.6 Å². The van der Waals surface area contributed by atoms with Crippen LogP contribution in [0.1, 0.15) is 20.3 Å². The van der Waals surface area contributed by atoms with Crippen LogP contribution in [-0.2, 0) is 19.4 Å². The molecule has 2 fully saturated rings. The summed E-state index contributed by atoms with van der Waals surface area (Å²) in [5, 5.41) is 6.12. The Bertz CT molecular complexity index is 738. The largest absolute Gasteiger partial charge is 0.357 e. The van der Waals surface area contributed by atoms with Crippen molar-refractivity contribution in [2.45, 2.75) is 20.3 Å². The van der Waals surface area contributed by atoms with Gasteiger partial charge in [0.1, 0.15) is 0 Å². The summed E-state index contributed by atoms with van der Waals surface area (Å²) in [5.41, 5.74) is 0. The highest BCUT2D eigenvalue weighted by Crippen LogP contribution is 2.52. The van der Waals surface area contributed by atoms with Gasteiger partial charge >= 0.3 is 0 Å². The molecule has 10 heteroatoms. The number of imide groups is 1. The SMILES string of the molecule is CCNC(=NCCS(=O)(=O)CC)NCCN1C(=O)C2C3C=CC(C3)C2C1=O.I. The number of amides is 2. The van der Waals surface area contributed by atoms with Gasteiger partial charge in [-0.05, 0) is 25.2 Å². The van der Waals surface area contributed by atoms with Gasteiger partial charge in [0.2, 0.25) is 11.8 Å². The second-order valence-corrected chi connectivity index (χ2v) is 9.72. The Balaban J connectivity index is 0.00000280. The van der Waals surface area contributed by atoms with Gasteiger partial charge in [-0.25, -0.2) is 8.42 Å². The smallest absolute Gasteiger partial charge is 0.233 e. The van der Waals surface area contributed by atoms with E-state index >= 15 is 0 Å². The number of rotatable bonds is 8. The fourth-order valence-electron chi connectivity index (χ4n) is 4.25. The number of likely N-dealkylation sites (tertiary alicyclic amines) is 1. The minimum Gasteiger partial charge on any atom is -0.357 e. The highest BCUT2D eigenvalue weighted by atomic mass is 127. The molecule has 0 spiro atoms. The summed E-state index contributed by atoms with van der Waals surface area (Å²) in [6.07, 6.45) is 5.09. The summed E-state index contributed by atoms with van der Waals surface area (Å²) in [4.78, 5) is 30.9. The lowest BCUT2D eigenvalue weighted by Gasteiger charge is -2.18. The minimum atomic E-state index is -3.06. The number of allylic oxidation sites excluding steroid dienone is 2. The average Bonchev–Trinajstić information content (AvgIpc) is 3.31. The van der Waals surface area contributed by atoms with E-state index in [0.717, 1.165) is 6.42 Å². The number of carbonyl (C=O) groups excluding carboxylic acids is 2. The average molecular weight is 524 g/mol. The van der Waals surface area contributed by atoms with Gasteiger partial charge in [-0.15, -0.1) is 24.0 Å². The topological polar surface area (TPSA) is 108 Å². The van der Waals surface area contributed by atoms with E-state index in [9.17, 15) is 18.0 Å². The molecule has 8 nitrogen and oxygen atoms in total. The van der Waals surface area contributed by atoms with E-state index in [1.54, 1.807) is 6.92 Å². The second kappa shape index (κ2) is 9.55. The minimum absolute atomic E-state index is 0. The summed E-state index contributed by atoms with van der Waals surface area (Å²) < 4.78 is 23.1. The van der Waals surface area contributed by atoms with E-state index in [1.807, 2.05) is 6.92 Å². The Hall–Kier alpha value is -1.17. The third-order valence-electron chi connectivity index (χ3n) is 5.65. The first-order valence-corrected chi connectivity index (χ1v) is 11.5. The highest BCUT2D eigenvalue weighted by Gasteiger charge is 2.58. The van der Waals surface area contributed by atoms with Gasteiger partial charge in [-0.2, -0.15) is 0 Å². The zero-order valence-electron chi connectivity index (χ0n) is 16.3. The maximum Gasteiger partial charge on any atom is 0.233 e. The lowest BCUT2D eigenvalue weighted by molar-refractivity contribution is -0.140. The van der Waals surface area contributed by atoms with Crippen LogP contribution in [0, 0.1) is 23.7 Å². The Morgan fingerprint density at radius 2 is 1.75 bits per heavy atom. The van der Waals surface area contributed by atoms with E-state index in [-0.39, 0.29) is 77.5 Å². The molecule has 0 aromatic heterocycles. The quantitative estimate of drug-likeness (QED) is 0.157. The number of hydrogen-bond acceptors (Lipinski definition) is 5. The molecule has 3 rings (SSSR count). The molecular formula is C18H29IN4O4S. The maximum atomic E-state index is 12.6. The first kappa shape index (κ1) is 23.1. The van der Waals surface area contributed by atoms with Crippen molar-refractivity contribution in [2.75, 3.05) is 37.7 Å². The second-order valence-electron chi connectivity index (χ2n) is 7.25. The molecular weight excluding hydrogens is 495 g/mol. The number of sulfone groups is 1. The molecule has 4 unspecified atom stereocenters. The molecule has 0 aromatic carbocycles. The van der Waals surface area contributed by atoms with E-state index in [4.69, 9.17) is 0 Å². The molecule has 4 atom stereocenters. The van der Waals surface area contributed by atoms with Crippen molar-refractivity contribution < 1.29 is 18.0 Å². The molecule has 0 radical (unpaired) electrons. The van der Waals surface area contributed by atoms with Crippen molar-refractivity contribution in [3.63, 3.8) is 0 Å². The van der Waals surface area contributed by atoms with Gasteiger partial charge < -0.3 is 10.6 Å². The summed E-state index contributed by atoms with van der Waals surface area (Å²) in [7, 11) is -3.06. The van der Waals surface area contributed by atoms with E-state index in [0.29, 0.717) is 25.6 Å². The van der Waals surface area contributed by atoms with E-state index in [1.165, 1.54) is 4.90 Å². The normalized spacial score (nSPS) is 28.5. The molecule has 1 aliphatic heterocycles. The molecule has 0 aromatic rings. The summed E-state index contributed by atoms with van der Waals surface area (Å²) in [6.45, 7) is 5.01. The number of nitrogens with one attached hydrogen (secondary N) is 2. The fourth-order valence-corrected chi connectivity index (χ4v) is 4.91. The zero-order valence-corrected chi connectivity index (χ0v) is 19.4. The maximum absolute atomic E-state index is 12.6. The monoisotopic (exact) mass is 524 g/mol. The predicted molar refractivity (Wildman–Crippen MR) is 118 cm³/mol. The van der Waals surface area contributed by atoms with Crippen molar-refractivity contribution in [1.29, 1.82) is 0 Å². The summed E-state index contributed by atoms with van der Waals surface area (Å²) in [6, 6.07) is 0. The van der Waals surface area contributed by atoms with Crippen LogP contribution in [0.5, 0.6) is 0 Å². The Morgan fingerprint density at radius 3 is 2.29 bits per heavy atom. The number of guanidine groups is 1.